The fourth-order valence-corrected chi connectivity index (χ4v) is 6.12. The second-order valence-electron chi connectivity index (χ2n) is 11.4. The molecule has 38 heavy (non-hydrogen) atoms. The van der Waals surface area contributed by atoms with E-state index in [0.29, 0.717) is 13.2 Å². The van der Waals surface area contributed by atoms with Crippen LogP contribution in [0.5, 0.6) is 0 Å². The third kappa shape index (κ3) is 29.4. The van der Waals surface area contributed by atoms with Crippen LogP contribution in [0.4, 0.5) is 0 Å². The number of hydrogen-bond donors (Lipinski definition) is 0. The van der Waals surface area contributed by atoms with Crippen molar-refractivity contribution in [1.82, 2.24) is 0 Å². The smallest absolute Gasteiger partial charge is 0.286 e. The maximum atomic E-state index is 12.5. The van der Waals surface area contributed by atoms with E-state index in [4.69, 9.17) is 20.9 Å². The predicted octanol–water partition coefficient (Wildman–Crippen LogP) is 13.3. The number of rotatable bonds is 33. The molecular weight excluding hydrogens is 515 g/mol. The van der Waals surface area contributed by atoms with Crippen molar-refractivity contribution in [1.29, 1.82) is 0 Å². The van der Waals surface area contributed by atoms with Crippen molar-refractivity contribution >= 4 is 19.7 Å². The summed E-state index contributed by atoms with van der Waals surface area (Å²) in [5, 5.41) is 0. The summed E-state index contributed by atoms with van der Waals surface area (Å²) < 4.78 is 27.8. The quantitative estimate of drug-likeness (QED) is 0.0571. The van der Waals surface area contributed by atoms with Crippen LogP contribution in [-0.2, 0) is 17.7 Å². The first-order valence-corrected chi connectivity index (χ1v) is 18.6. The molecule has 0 heterocycles. The lowest BCUT2D eigenvalue weighted by Crippen LogP contribution is -2.00. The van der Waals surface area contributed by atoms with Gasteiger partial charge in [-0.1, -0.05) is 181 Å². The van der Waals surface area contributed by atoms with Gasteiger partial charge in [-0.2, -0.15) is 4.08 Å². The minimum absolute atomic E-state index is 0.376. The van der Waals surface area contributed by atoms with Crippen molar-refractivity contribution in [2.24, 2.45) is 0 Å². The monoisotopic (exact) mass is 580 g/mol. The average molecular weight is 581 g/mol. The molecule has 0 atom stereocenters. The molecule has 0 aromatic carbocycles. The fraction of sp³-hybridized carbons (Fsp3) is 1.00. The van der Waals surface area contributed by atoms with Crippen molar-refractivity contribution < 1.29 is 17.7 Å². The van der Waals surface area contributed by atoms with Crippen LogP contribution in [-0.4, -0.2) is 13.2 Å². The minimum Gasteiger partial charge on any atom is -0.286 e. The van der Waals surface area contributed by atoms with Gasteiger partial charge >= 0.3 is 7.82 Å². The van der Waals surface area contributed by atoms with Gasteiger partial charge in [-0.25, -0.2) is 4.57 Å². The number of phosphoric ester groups is 1. The number of phosphoric acid groups is 1. The summed E-state index contributed by atoms with van der Waals surface area (Å²) in [5.41, 5.74) is 0. The molecule has 0 saturated heterocycles. The lowest BCUT2D eigenvalue weighted by molar-refractivity contribution is 0.154. The van der Waals surface area contributed by atoms with E-state index in [1.165, 1.54) is 154 Å². The molecule has 0 aliphatic carbocycles. The van der Waals surface area contributed by atoms with Crippen molar-refractivity contribution in [3.05, 3.63) is 0 Å². The molecular formula is C32H66ClO4P. The van der Waals surface area contributed by atoms with E-state index >= 15 is 0 Å². The molecule has 0 radical (unpaired) electrons. The van der Waals surface area contributed by atoms with Crippen LogP contribution in [0.15, 0.2) is 0 Å². The van der Waals surface area contributed by atoms with Crippen molar-refractivity contribution in [3.8, 4) is 0 Å². The summed E-state index contributed by atoms with van der Waals surface area (Å²) in [6, 6.07) is 0. The molecule has 0 bridgehead atoms. The van der Waals surface area contributed by atoms with E-state index in [1.54, 1.807) is 0 Å². The second kappa shape index (κ2) is 31.9. The summed E-state index contributed by atoms with van der Waals surface area (Å²) in [4.78, 5) is 0. The Kier molecular flexibility index (Phi) is 32.3. The van der Waals surface area contributed by atoms with Crippen molar-refractivity contribution in [2.45, 2.75) is 194 Å². The van der Waals surface area contributed by atoms with Crippen LogP contribution >= 0.6 is 19.7 Å². The van der Waals surface area contributed by atoms with Gasteiger partial charge in [0, 0.05) is 0 Å². The van der Waals surface area contributed by atoms with Crippen molar-refractivity contribution in [2.75, 3.05) is 13.2 Å². The first-order valence-electron chi connectivity index (χ1n) is 16.9. The zero-order valence-corrected chi connectivity index (χ0v) is 27.3. The SMILES string of the molecule is CCCCCCCCCCCCCCCCOP(=O)(OCl)OCCCCCCCCCCCCCCCC. The summed E-state index contributed by atoms with van der Waals surface area (Å²) in [6.45, 7) is 5.30. The van der Waals surface area contributed by atoms with E-state index in [-0.39, 0.29) is 0 Å². The van der Waals surface area contributed by atoms with Crippen LogP contribution in [0.2, 0.25) is 0 Å². The van der Waals surface area contributed by atoms with Gasteiger partial charge in [0.2, 0.25) is 0 Å². The number of halogens is 1. The zero-order chi connectivity index (χ0) is 27.8. The Labute approximate surface area is 243 Å². The van der Waals surface area contributed by atoms with Crippen LogP contribution in [0, 0.1) is 0 Å². The van der Waals surface area contributed by atoms with Gasteiger partial charge in [-0.3, -0.25) is 9.05 Å². The molecule has 4 nitrogen and oxygen atoms in total. The third-order valence-corrected chi connectivity index (χ3v) is 9.25. The molecule has 0 amide bonds. The number of hydrogen-bond acceptors (Lipinski definition) is 4. The minimum atomic E-state index is -3.61. The molecule has 0 saturated carbocycles. The van der Waals surface area contributed by atoms with Gasteiger partial charge in [0.1, 0.15) is 0 Å². The summed E-state index contributed by atoms with van der Waals surface area (Å²) in [5.74, 6) is 0. The second-order valence-corrected chi connectivity index (χ2v) is 13.3. The highest BCUT2D eigenvalue weighted by Crippen LogP contribution is 2.51. The third-order valence-electron chi connectivity index (χ3n) is 7.58. The van der Waals surface area contributed by atoms with Crippen LogP contribution in [0.3, 0.4) is 0 Å². The highest BCUT2D eigenvalue weighted by molar-refractivity contribution is 7.49. The van der Waals surface area contributed by atoms with Gasteiger partial charge in [-0.05, 0) is 12.8 Å². The summed E-state index contributed by atoms with van der Waals surface area (Å²) >= 11 is 5.43. The Hall–Kier alpha value is 0.400. The van der Waals surface area contributed by atoms with E-state index in [1.807, 2.05) is 0 Å². The topological polar surface area (TPSA) is 44.8 Å². The van der Waals surface area contributed by atoms with E-state index in [2.05, 4.69) is 17.9 Å². The molecule has 6 heteroatoms. The highest BCUT2D eigenvalue weighted by atomic mass is 35.5. The van der Waals surface area contributed by atoms with E-state index in [0.717, 1.165) is 25.7 Å². The summed E-state index contributed by atoms with van der Waals surface area (Å²) in [7, 11) is -3.61. The Bertz CT molecular complexity index is 454. The Morgan fingerprint density at radius 3 is 0.816 bits per heavy atom. The normalized spacial score (nSPS) is 12.0. The van der Waals surface area contributed by atoms with Crippen molar-refractivity contribution in [3.63, 3.8) is 0 Å². The average Bonchev–Trinajstić information content (AvgIpc) is 2.93. The molecule has 0 fully saturated rings. The molecule has 0 spiro atoms. The lowest BCUT2D eigenvalue weighted by atomic mass is 10.0. The molecule has 0 rings (SSSR count). The molecule has 0 aromatic rings. The first kappa shape index (κ1) is 38.4. The van der Waals surface area contributed by atoms with Crippen LogP contribution in [0.25, 0.3) is 0 Å². The van der Waals surface area contributed by atoms with Gasteiger partial charge in [0.25, 0.3) is 0 Å². The molecule has 0 N–H and O–H groups in total. The van der Waals surface area contributed by atoms with E-state index in [9.17, 15) is 4.57 Å². The van der Waals surface area contributed by atoms with Gasteiger partial charge in [0.05, 0.1) is 25.1 Å². The largest absolute Gasteiger partial charge is 0.491 e. The first-order chi connectivity index (χ1) is 18.7. The van der Waals surface area contributed by atoms with Crippen LogP contribution < -0.4 is 0 Å². The predicted molar refractivity (Wildman–Crippen MR) is 167 cm³/mol. The van der Waals surface area contributed by atoms with Crippen LogP contribution in [0.1, 0.15) is 194 Å². The number of unbranched alkanes of at least 4 members (excludes halogenated alkanes) is 26. The standard InChI is InChI=1S/C32H66ClO4P/c1-3-5-7-9-11-13-15-17-19-21-23-25-27-29-31-35-38(34,37-33)36-32-30-28-26-24-22-20-18-16-14-12-10-8-6-4-2/h3-32H2,1-2H3. The highest BCUT2D eigenvalue weighted by Gasteiger charge is 2.26. The Morgan fingerprint density at radius 2 is 0.605 bits per heavy atom. The van der Waals surface area contributed by atoms with Gasteiger partial charge in [-0.15, -0.1) is 0 Å². The molecule has 0 aliphatic heterocycles. The maximum absolute atomic E-state index is 12.5. The van der Waals surface area contributed by atoms with Gasteiger partial charge < -0.3 is 0 Å². The molecule has 0 aliphatic rings. The lowest BCUT2D eigenvalue weighted by Gasteiger charge is -2.14. The molecule has 0 aromatic heterocycles. The maximum Gasteiger partial charge on any atom is 0.491 e. The fourth-order valence-electron chi connectivity index (χ4n) is 5.02. The molecule has 0 unspecified atom stereocenters. The summed E-state index contributed by atoms with van der Waals surface area (Å²) in [6.07, 6.45) is 36.5. The van der Waals surface area contributed by atoms with E-state index < -0.39 is 7.82 Å². The van der Waals surface area contributed by atoms with Gasteiger partial charge in [0.15, 0.2) is 0 Å². The molecule has 230 valence electrons. The Balaban J connectivity index is 3.40. The zero-order valence-electron chi connectivity index (χ0n) is 25.7. The Morgan fingerprint density at radius 1 is 0.395 bits per heavy atom.